The molecule has 1 fully saturated rings. The Hall–Kier alpha value is -1.51. The van der Waals surface area contributed by atoms with Gasteiger partial charge in [0, 0.05) is 0 Å². The summed E-state index contributed by atoms with van der Waals surface area (Å²) in [4.78, 5) is 11.5. The zero-order chi connectivity index (χ0) is 17.0. The van der Waals surface area contributed by atoms with Crippen LogP contribution in [0.2, 0.25) is 0 Å². The van der Waals surface area contributed by atoms with Gasteiger partial charge in [0.05, 0.1) is 25.4 Å². The van der Waals surface area contributed by atoms with Crippen molar-refractivity contribution in [1.29, 1.82) is 0 Å². The van der Waals surface area contributed by atoms with E-state index in [-0.39, 0.29) is 0 Å². The third kappa shape index (κ3) is 4.07. The van der Waals surface area contributed by atoms with Crippen molar-refractivity contribution in [3.05, 3.63) is 35.4 Å². The molecule has 0 aliphatic carbocycles. The second kappa shape index (κ2) is 7.85. The molecule has 1 aromatic carbocycles. The molecule has 2 rings (SSSR count). The second-order valence-electron chi connectivity index (χ2n) is 5.60. The van der Waals surface area contributed by atoms with Gasteiger partial charge in [-0.2, -0.15) is 0 Å². The van der Waals surface area contributed by atoms with E-state index in [2.05, 4.69) is 4.74 Å². The summed E-state index contributed by atoms with van der Waals surface area (Å²) in [5.41, 5.74) is 1.28. The molecule has 5 atom stereocenters. The topological polar surface area (TPSA) is 116 Å². The van der Waals surface area contributed by atoms with Crippen LogP contribution in [0, 0.1) is 0 Å². The molecule has 4 N–H and O–H groups in total. The smallest absolute Gasteiger partial charge is 0.337 e. The molecule has 1 aliphatic rings. The van der Waals surface area contributed by atoms with E-state index in [9.17, 15) is 20.1 Å². The number of aliphatic hydroxyl groups is 4. The quantitative estimate of drug-likeness (QED) is 0.526. The van der Waals surface area contributed by atoms with Crippen LogP contribution in [0.4, 0.5) is 0 Å². The van der Waals surface area contributed by atoms with Gasteiger partial charge in [0.2, 0.25) is 0 Å². The van der Waals surface area contributed by atoms with Crippen LogP contribution in [0.15, 0.2) is 24.3 Å². The molecule has 0 bridgehead atoms. The molecular formula is C16H22O7. The molecule has 1 aromatic rings. The van der Waals surface area contributed by atoms with Crippen LogP contribution in [0.5, 0.6) is 0 Å². The van der Waals surface area contributed by atoms with Crippen LogP contribution >= 0.6 is 0 Å². The van der Waals surface area contributed by atoms with Crippen LogP contribution < -0.4 is 0 Å². The number of benzene rings is 1. The number of aryl methyl sites for hydroxylation is 1. The van der Waals surface area contributed by atoms with Crippen molar-refractivity contribution in [2.45, 2.75) is 43.4 Å². The molecule has 1 aliphatic heterocycles. The van der Waals surface area contributed by atoms with Gasteiger partial charge < -0.3 is 29.9 Å². The highest BCUT2D eigenvalue weighted by molar-refractivity contribution is 5.89. The average Bonchev–Trinajstić information content (AvgIpc) is 2.58. The van der Waals surface area contributed by atoms with E-state index < -0.39 is 43.1 Å². The van der Waals surface area contributed by atoms with Crippen molar-refractivity contribution >= 4 is 5.97 Å². The molecule has 128 valence electrons. The van der Waals surface area contributed by atoms with Crippen LogP contribution in [0.3, 0.4) is 0 Å². The molecule has 0 aromatic heterocycles. The van der Waals surface area contributed by atoms with E-state index in [1.807, 2.05) is 6.07 Å². The Balaban J connectivity index is 2.01. The largest absolute Gasteiger partial charge is 0.465 e. The molecule has 0 unspecified atom stereocenters. The van der Waals surface area contributed by atoms with Gasteiger partial charge >= 0.3 is 5.97 Å². The molecule has 0 radical (unpaired) electrons. The van der Waals surface area contributed by atoms with Crippen molar-refractivity contribution in [1.82, 2.24) is 0 Å². The Morgan fingerprint density at radius 3 is 2.52 bits per heavy atom. The summed E-state index contributed by atoms with van der Waals surface area (Å²) >= 11 is 0. The maximum absolute atomic E-state index is 11.5. The minimum Gasteiger partial charge on any atom is -0.465 e. The number of carbonyl (C=O) groups excluding carboxylic acids is 1. The number of hydrogen-bond acceptors (Lipinski definition) is 7. The highest BCUT2D eigenvalue weighted by Crippen LogP contribution is 2.24. The first-order valence-corrected chi connectivity index (χ1v) is 7.45. The molecule has 1 saturated heterocycles. The van der Waals surface area contributed by atoms with E-state index >= 15 is 0 Å². The fraction of sp³-hybridized carbons (Fsp3) is 0.562. The number of hydrogen-bond donors (Lipinski definition) is 4. The van der Waals surface area contributed by atoms with Gasteiger partial charge in [-0.25, -0.2) is 4.79 Å². The van der Waals surface area contributed by atoms with Gasteiger partial charge in [-0.1, -0.05) is 12.1 Å². The lowest BCUT2D eigenvalue weighted by Crippen LogP contribution is -2.58. The number of aliphatic hydroxyl groups excluding tert-OH is 4. The maximum Gasteiger partial charge on any atom is 0.337 e. The van der Waals surface area contributed by atoms with E-state index in [4.69, 9.17) is 9.84 Å². The lowest BCUT2D eigenvalue weighted by Gasteiger charge is -2.40. The van der Waals surface area contributed by atoms with Crippen LogP contribution in [0.1, 0.15) is 22.3 Å². The lowest BCUT2D eigenvalue weighted by molar-refractivity contribution is -0.230. The SMILES string of the molecule is COC(=O)c1cccc(CC[C@@H]2O[C@H](CO)[C@@H](O)[C@H](O)[C@H]2O)c1. The Morgan fingerprint density at radius 2 is 1.87 bits per heavy atom. The normalized spacial score (nSPS) is 30.9. The van der Waals surface area contributed by atoms with Crippen molar-refractivity contribution < 1.29 is 34.7 Å². The van der Waals surface area contributed by atoms with Gasteiger partial charge in [-0.3, -0.25) is 0 Å². The maximum atomic E-state index is 11.5. The van der Waals surface area contributed by atoms with Crippen molar-refractivity contribution in [2.24, 2.45) is 0 Å². The third-order valence-corrected chi connectivity index (χ3v) is 4.06. The number of esters is 1. The highest BCUT2D eigenvalue weighted by atomic mass is 16.5. The minimum atomic E-state index is -1.37. The summed E-state index contributed by atoms with van der Waals surface area (Å²) in [5, 5.41) is 38.7. The zero-order valence-electron chi connectivity index (χ0n) is 12.8. The van der Waals surface area contributed by atoms with E-state index in [1.54, 1.807) is 18.2 Å². The molecule has 0 spiro atoms. The number of ether oxygens (including phenoxy) is 2. The van der Waals surface area contributed by atoms with Gasteiger partial charge in [0.25, 0.3) is 0 Å². The number of methoxy groups -OCH3 is 1. The van der Waals surface area contributed by atoms with Gasteiger partial charge in [0.15, 0.2) is 0 Å². The fourth-order valence-corrected chi connectivity index (χ4v) is 2.70. The van der Waals surface area contributed by atoms with Crippen LogP contribution in [-0.4, -0.2) is 70.6 Å². The van der Waals surface area contributed by atoms with Crippen molar-refractivity contribution in [3.8, 4) is 0 Å². The Kier molecular flexibility index (Phi) is 6.09. The Morgan fingerprint density at radius 1 is 1.17 bits per heavy atom. The van der Waals surface area contributed by atoms with Crippen molar-refractivity contribution in [2.75, 3.05) is 13.7 Å². The number of rotatable bonds is 5. The van der Waals surface area contributed by atoms with E-state index in [1.165, 1.54) is 7.11 Å². The van der Waals surface area contributed by atoms with Gasteiger partial charge in [0.1, 0.15) is 24.4 Å². The lowest BCUT2D eigenvalue weighted by atomic mass is 9.91. The predicted octanol–water partition coefficient (Wildman–Crippen LogP) is -0.752. The standard InChI is InChI=1S/C16H22O7/c1-22-16(21)10-4-2-3-9(7-10)5-6-11-13(18)15(20)14(19)12(8-17)23-11/h2-4,7,11-15,17-20H,5-6,8H2,1H3/t11-,12+,13-,14+,15+/m0/s1. The molecule has 7 heteroatoms. The molecular weight excluding hydrogens is 304 g/mol. The summed E-state index contributed by atoms with van der Waals surface area (Å²) in [6.45, 7) is -0.445. The van der Waals surface area contributed by atoms with Gasteiger partial charge in [-0.05, 0) is 30.5 Å². The summed E-state index contributed by atoms with van der Waals surface area (Å²) in [5.74, 6) is -0.431. The summed E-state index contributed by atoms with van der Waals surface area (Å²) < 4.78 is 10.1. The molecule has 0 amide bonds. The first kappa shape index (κ1) is 17.8. The minimum absolute atomic E-state index is 0.367. The number of carbonyl (C=O) groups is 1. The molecule has 7 nitrogen and oxygen atoms in total. The first-order chi connectivity index (χ1) is 11.0. The van der Waals surface area contributed by atoms with Gasteiger partial charge in [-0.15, -0.1) is 0 Å². The van der Waals surface area contributed by atoms with Crippen LogP contribution in [-0.2, 0) is 15.9 Å². The van der Waals surface area contributed by atoms with Crippen LogP contribution in [0.25, 0.3) is 0 Å². The second-order valence-corrected chi connectivity index (χ2v) is 5.60. The predicted molar refractivity (Wildman–Crippen MR) is 79.9 cm³/mol. The molecule has 23 heavy (non-hydrogen) atoms. The summed E-state index contributed by atoms with van der Waals surface area (Å²) in [7, 11) is 1.31. The Labute approximate surface area is 134 Å². The van der Waals surface area contributed by atoms with Crippen molar-refractivity contribution in [3.63, 3.8) is 0 Å². The molecule has 1 heterocycles. The molecule has 0 saturated carbocycles. The summed E-state index contributed by atoms with van der Waals surface area (Å²) in [6, 6.07) is 6.89. The van der Waals surface area contributed by atoms with E-state index in [0.717, 1.165) is 5.56 Å². The Bertz CT molecular complexity index is 531. The van der Waals surface area contributed by atoms with E-state index in [0.29, 0.717) is 18.4 Å². The third-order valence-electron chi connectivity index (χ3n) is 4.06. The summed E-state index contributed by atoms with van der Waals surface area (Å²) in [6.07, 6.45) is -4.72. The zero-order valence-corrected chi connectivity index (χ0v) is 12.8. The highest BCUT2D eigenvalue weighted by Gasteiger charge is 2.42. The first-order valence-electron chi connectivity index (χ1n) is 7.45. The fourth-order valence-electron chi connectivity index (χ4n) is 2.70. The monoisotopic (exact) mass is 326 g/mol. The average molecular weight is 326 g/mol.